The number of carbonyl (C=O) groups is 2. The number of hydrogen-bond donors (Lipinski definition) is 2. The van der Waals surface area contributed by atoms with E-state index in [9.17, 15) is 9.59 Å². The highest BCUT2D eigenvalue weighted by Gasteiger charge is 2.20. The lowest BCUT2D eigenvalue weighted by molar-refractivity contribution is -0.142. The molecule has 0 aromatic heterocycles. The van der Waals surface area contributed by atoms with Gasteiger partial charge in [0, 0.05) is 0 Å². The smallest absolute Gasteiger partial charge is 0.335 e. The normalized spacial score (nSPS) is 15.5. The van der Waals surface area contributed by atoms with Crippen molar-refractivity contribution in [3.05, 3.63) is 65.8 Å². The Labute approximate surface area is 203 Å². The Morgan fingerprint density at radius 2 is 1.59 bits per heavy atom. The lowest BCUT2D eigenvalue weighted by atomic mass is 9.83. The average molecular weight is 471 g/mol. The predicted octanol–water partition coefficient (Wildman–Crippen LogP) is 4.72. The zero-order valence-corrected chi connectivity index (χ0v) is 20.3. The Balaban J connectivity index is 2.05. The van der Waals surface area contributed by atoms with Gasteiger partial charge in [0.05, 0.1) is 30.3 Å². The summed E-state index contributed by atoms with van der Waals surface area (Å²) in [5.74, 6) is -1.03. The Hall–Kier alpha value is -2.70. The van der Waals surface area contributed by atoms with E-state index in [1.54, 1.807) is 0 Å². The number of aliphatic hydroxyl groups is 2. The van der Waals surface area contributed by atoms with Crippen LogP contribution >= 0.6 is 0 Å². The van der Waals surface area contributed by atoms with Gasteiger partial charge < -0.3 is 19.7 Å². The van der Waals surface area contributed by atoms with Crippen LogP contribution in [-0.4, -0.2) is 48.6 Å². The van der Waals surface area contributed by atoms with Crippen LogP contribution in [0.2, 0.25) is 0 Å². The predicted molar refractivity (Wildman–Crippen MR) is 133 cm³/mol. The van der Waals surface area contributed by atoms with Gasteiger partial charge in [0.1, 0.15) is 13.2 Å². The van der Waals surface area contributed by atoms with Crippen LogP contribution in [0.1, 0.15) is 68.9 Å². The van der Waals surface area contributed by atoms with Crippen molar-refractivity contribution in [2.75, 3.05) is 26.4 Å². The molecule has 1 aromatic carbocycles. The highest BCUT2D eigenvalue weighted by atomic mass is 16.5. The highest BCUT2D eigenvalue weighted by Crippen LogP contribution is 2.33. The third-order valence-electron chi connectivity index (χ3n) is 6.28. The van der Waals surface area contributed by atoms with Crippen molar-refractivity contribution in [2.24, 2.45) is 5.92 Å². The van der Waals surface area contributed by atoms with Crippen LogP contribution < -0.4 is 0 Å². The quantitative estimate of drug-likeness (QED) is 0.232. The summed E-state index contributed by atoms with van der Waals surface area (Å²) >= 11 is 0. The van der Waals surface area contributed by atoms with Crippen LogP contribution in [0.5, 0.6) is 0 Å². The molecule has 0 amide bonds. The summed E-state index contributed by atoms with van der Waals surface area (Å²) in [4.78, 5) is 23.9. The minimum absolute atomic E-state index is 0.0434. The molecule has 0 saturated heterocycles. The van der Waals surface area contributed by atoms with Crippen LogP contribution in [0.15, 0.2) is 54.6 Å². The standard InChI is InChI=1S/C28H38O6/c1-4-5-6-7-22-8-10-23(11-9-22)24-12-14-25(15-13-24)26(18-33-27(31)20(2)16-29)19-34-28(32)21(3)17-30/h10,12-15,22,26,29-30H,2-9,11,16-19H2,1H3. The van der Waals surface area contributed by atoms with Gasteiger partial charge in [0.15, 0.2) is 0 Å². The molecule has 6 heteroatoms. The van der Waals surface area contributed by atoms with Gasteiger partial charge >= 0.3 is 11.9 Å². The molecular formula is C28H38O6. The Bertz CT molecular complexity index is 835. The first-order valence-electron chi connectivity index (χ1n) is 12.1. The number of aliphatic hydroxyl groups excluding tert-OH is 2. The third-order valence-corrected chi connectivity index (χ3v) is 6.28. The molecule has 0 bridgehead atoms. The van der Waals surface area contributed by atoms with Crippen molar-refractivity contribution in [3.63, 3.8) is 0 Å². The fourth-order valence-corrected chi connectivity index (χ4v) is 3.99. The second-order valence-corrected chi connectivity index (χ2v) is 8.90. The van der Waals surface area contributed by atoms with Crippen LogP contribution in [0.3, 0.4) is 0 Å². The molecule has 186 valence electrons. The molecule has 1 aliphatic carbocycles. The number of esters is 2. The maximum Gasteiger partial charge on any atom is 0.335 e. The molecule has 2 rings (SSSR count). The molecule has 6 nitrogen and oxygen atoms in total. The zero-order valence-electron chi connectivity index (χ0n) is 20.3. The van der Waals surface area contributed by atoms with E-state index in [0.717, 1.165) is 24.3 Å². The molecule has 0 radical (unpaired) electrons. The maximum atomic E-state index is 11.9. The summed E-state index contributed by atoms with van der Waals surface area (Å²) in [5, 5.41) is 18.1. The first-order valence-corrected chi connectivity index (χ1v) is 12.1. The van der Waals surface area contributed by atoms with Crippen LogP contribution in [0.4, 0.5) is 0 Å². The third kappa shape index (κ3) is 8.58. The molecule has 0 saturated carbocycles. The zero-order chi connectivity index (χ0) is 24.9. The van der Waals surface area contributed by atoms with Crippen LogP contribution in [0, 0.1) is 5.92 Å². The van der Waals surface area contributed by atoms with Crippen molar-refractivity contribution in [1.82, 2.24) is 0 Å². The van der Waals surface area contributed by atoms with E-state index < -0.39 is 31.1 Å². The number of carbonyl (C=O) groups excluding carboxylic acids is 2. The summed E-state index contributed by atoms with van der Waals surface area (Å²) in [5.41, 5.74) is 3.29. The molecule has 1 atom stereocenters. The van der Waals surface area contributed by atoms with E-state index >= 15 is 0 Å². The van der Waals surface area contributed by atoms with Gasteiger partial charge in [0.2, 0.25) is 0 Å². The summed E-state index contributed by atoms with van der Waals surface area (Å²) < 4.78 is 10.5. The van der Waals surface area contributed by atoms with E-state index in [0.29, 0.717) is 0 Å². The SMILES string of the molecule is C=C(CO)C(=O)OCC(COC(=O)C(=C)CO)c1ccc(C2=CCC(CCCCC)CC2)cc1. The highest BCUT2D eigenvalue weighted by molar-refractivity contribution is 5.88. The molecular weight excluding hydrogens is 432 g/mol. The minimum Gasteiger partial charge on any atom is -0.461 e. The summed E-state index contributed by atoms with van der Waals surface area (Å²) in [6.45, 7) is 8.10. The molecule has 1 aliphatic rings. The van der Waals surface area contributed by atoms with Crippen molar-refractivity contribution in [2.45, 2.75) is 57.8 Å². The van der Waals surface area contributed by atoms with Gasteiger partial charge in [-0.2, -0.15) is 0 Å². The number of benzene rings is 1. The van der Waals surface area contributed by atoms with Crippen molar-refractivity contribution in [3.8, 4) is 0 Å². The van der Waals surface area contributed by atoms with Crippen molar-refractivity contribution in [1.29, 1.82) is 0 Å². The lowest BCUT2D eigenvalue weighted by Crippen LogP contribution is -2.21. The Morgan fingerprint density at radius 1 is 1.00 bits per heavy atom. The molecule has 0 aliphatic heterocycles. The van der Waals surface area contributed by atoms with Gasteiger partial charge in [-0.1, -0.05) is 76.1 Å². The van der Waals surface area contributed by atoms with Gasteiger partial charge in [0.25, 0.3) is 0 Å². The summed E-state index contributed by atoms with van der Waals surface area (Å²) in [6.07, 6.45) is 11.0. The Morgan fingerprint density at radius 3 is 2.06 bits per heavy atom. The molecule has 34 heavy (non-hydrogen) atoms. The fraction of sp³-hybridized carbons (Fsp3) is 0.500. The van der Waals surface area contributed by atoms with Gasteiger partial charge in [-0.15, -0.1) is 0 Å². The molecule has 2 N–H and O–H groups in total. The number of rotatable bonds is 14. The molecule has 0 spiro atoms. The van der Waals surface area contributed by atoms with E-state index in [1.807, 2.05) is 12.1 Å². The van der Waals surface area contributed by atoms with E-state index in [1.165, 1.54) is 43.2 Å². The topological polar surface area (TPSA) is 93.1 Å². The first kappa shape index (κ1) is 27.5. The number of allylic oxidation sites excluding steroid dienone is 2. The van der Waals surface area contributed by atoms with Gasteiger partial charge in [-0.05, 0) is 41.9 Å². The summed E-state index contributed by atoms with van der Waals surface area (Å²) in [7, 11) is 0. The first-order chi connectivity index (χ1) is 16.4. The molecule has 0 heterocycles. The number of ether oxygens (including phenoxy) is 2. The average Bonchev–Trinajstić information content (AvgIpc) is 2.88. The van der Waals surface area contributed by atoms with Gasteiger partial charge in [-0.25, -0.2) is 9.59 Å². The molecule has 1 aromatic rings. The summed E-state index contributed by atoms with van der Waals surface area (Å²) in [6, 6.07) is 8.01. The van der Waals surface area contributed by atoms with Crippen LogP contribution in [-0.2, 0) is 19.1 Å². The lowest BCUT2D eigenvalue weighted by Gasteiger charge is -2.23. The second kappa shape index (κ2) is 14.5. The largest absolute Gasteiger partial charge is 0.461 e. The maximum absolute atomic E-state index is 11.9. The van der Waals surface area contributed by atoms with Gasteiger partial charge in [-0.3, -0.25) is 0 Å². The minimum atomic E-state index is -0.698. The van der Waals surface area contributed by atoms with Crippen molar-refractivity contribution < 1.29 is 29.3 Å². The fourth-order valence-electron chi connectivity index (χ4n) is 3.99. The molecule has 0 fully saturated rings. The molecule has 1 unspecified atom stereocenters. The monoisotopic (exact) mass is 470 g/mol. The van der Waals surface area contributed by atoms with Crippen molar-refractivity contribution >= 4 is 17.5 Å². The Kier molecular flexibility index (Phi) is 11.8. The van der Waals surface area contributed by atoms with E-state index in [2.05, 4.69) is 38.3 Å². The number of hydrogen-bond acceptors (Lipinski definition) is 6. The number of unbranched alkanes of at least 4 members (excludes halogenated alkanes) is 2. The second-order valence-electron chi connectivity index (χ2n) is 8.90. The van der Waals surface area contributed by atoms with E-state index in [4.69, 9.17) is 19.7 Å². The van der Waals surface area contributed by atoms with E-state index in [-0.39, 0.29) is 24.4 Å². The van der Waals surface area contributed by atoms with Crippen LogP contribution in [0.25, 0.3) is 5.57 Å².